The van der Waals surface area contributed by atoms with Gasteiger partial charge in [0.05, 0.1) is 18.0 Å². The first-order valence-electron chi connectivity index (χ1n) is 6.17. The van der Waals surface area contributed by atoms with Crippen molar-refractivity contribution in [3.8, 4) is 0 Å². The third-order valence-corrected chi connectivity index (χ3v) is 3.94. The summed E-state index contributed by atoms with van der Waals surface area (Å²) in [4.78, 5) is 4.52. The molecule has 0 bridgehead atoms. The third-order valence-electron chi connectivity index (χ3n) is 2.68. The van der Waals surface area contributed by atoms with Gasteiger partial charge in [0.1, 0.15) is 0 Å². The minimum atomic E-state index is -3.18. The molecule has 0 aliphatic heterocycles. The molecule has 0 spiro atoms. The number of halogens is 1. The number of rotatable bonds is 6. The summed E-state index contributed by atoms with van der Waals surface area (Å²) in [5, 5.41) is 2.91. The molecule has 1 aromatic carbocycles. The lowest BCUT2D eigenvalue weighted by molar-refractivity contribution is 0.204. The van der Waals surface area contributed by atoms with E-state index in [0.29, 0.717) is 36.1 Å². The van der Waals surface area contributed by atoms with Crippen LogP contribution in [-0.2, 0) is 21.1 Å². The van der Waals surface area contributed by atoms with Crippen LogP contribution in [0, 0.1) is 6.92 Å². The van der Waals surface area contributed by atoms with Crippen LogP contribution in [0.4, 0.5) is 0 Å². The first kappa shape index (κ1) is 20.1. The summed E-state index contributed by atoms with van der Waals surface area (Å²) in [5.41, 5.74) is 7.31. The summed E-state index contributed by atoms with van der Waals surface area (Å²) < 4.78 is 27.9. The smallest absolute Gasteiger partial charge is 0.188 e. The molecule has 0 fully saturated rings. The first-order chi connectivity index (χ1) is 9.34. The Morgan fingerprint density at radius 1 is 1.43 bits per heavy atom. The van der Waals surface area contributed by atoms with Gasteiger partial charge in [-0.25, -0.2) is 13.4 Å². The average molecular weight is 427 g/mol. The number of ether oxygens (including phenoxy) is 1. The van der Waals surface area contributed by atoms with Crippen molar-refractivity contribution in [3.63, 3.8) is 0 Å². The van der Waals surface area contributed by atoms with E-state index in [2.05, 4.69) is 10.3 Å². The number of sulfone groups is 1. The Labute approximate surface area is 143 Å². The molecule has 1 aromatic rings. The van der Waals surface area contributed by atoms with E-state index in [9.17, 15) is 8.42 Å². The Hall–Kier alpha value is -0.870. The summed E-state index contributed by atoms with van der Waals surface area (Å²) >= 11 is 0. The Balaban J connectivity index is 0.00000400. The van der Waals surface area contributed by atoms with Gasteiger partial charge in [-0.3, -0.25) is 0 Å². The summed E-state index contributed by atoms with van der Waals surface area (Å²) in [5.74, 6) is 0.340. The van der Waals surface area contributed by atoms with Crippen molar-refractivity contribution in [2.24, 2.45) is 10.7 Å². The predicted molar refractivity (Wildman–Crippen MR) is 94.9 cm³/mol. The standard InChI is InChI=1S/C13H21N3O3S.HI/c1-10-8-11(4-5-12(10)20(3,17)18)9-16-13(14)15-6-7-19-2;/h4-5,8H,6-7,9H2,1-3H3,(H3,14,15,16);1H. The van der Waals surface area contributed by atoms with Crippen molar-refractivity contribution >= 4 is 39.8 Å². The molecule has 120 valence electrons. The van der Waals surface area contributed by atoms with E-state index in [1.54, 1.807) is 26.2 Å². The molecule has 0 aliphatic rings. The monoisotopic (exact) mass is 427 g/mol. The number of aliphatic imine (C=N–C) groups is 1. The van der Waals surface area contributed by atoms with Crippen LogP contribution < -0.4 is 11.1 Å². The Bertz CT molecular complexity index is 588. The second-order valence-electron chi connectivity index (χ2n) is 4.49. The third kappa shape index (κ3) is 7.09. The fraction of sp³-hybridized carbons (Fsp3) is 0.462. The average Bonchev–Trinajstić information content (AvgIpc) is 2.35. The number of hydrogen-bond donors (Lipinski definition) is 2. The number of guanidine groups is 1. The Morgan fingerprint density at radius 2 is 2.10 bits per heavy atom. The zero-order valence-corrected chi connectivity index (χ0v) is 15.6. The fourth-order valence-electron chi connectivity index (χ4n) is 1.74. The van der Waals surface area contributed by atoms with Crippen LogP contribution in [0.5, 0.6) is 0 Å². The molecule has 0 atom stereocenters. The molecule has 0 amide bonds. The topological polar surface area (TPSA) is 93.8 Å². The second kappa shape index (κ2) is 9.21. The summed E-state index contributed by atoms with van der Waals surface area (Å²) in [6, 6.07) is 5.15. The molecule has 0 saturated carbocycles. The lowest BCUT2D eigenvalue weighted by Gasteiger charge is -2.07. The van der Waals surface area contributed by atoms with E-state index in [0.717, 1.165) is 5.56 Å². The summed E-state index contributed by atoms with van der Waals surface area (Å²) in [6.07, 6.45) is 1.20. The molecule has 0 heterocycles. The van der Waals surface area contributed by atoms with Gasteiger partial charge >= 0.3 is 0 Å². The van der Waals surface area contributed by atoms with Crippen LogP contribution in [0.1, 0.15) is 11.1 Å². The maximum absolute atomic E-state index is 11.5. The van der Waals surface area contributed by atoms with Gasteiger partial charge in [-0.2, -0.15) is 0 Å². The maximum atomic E-state index is 11.5. The van der Waals surface area contributed by atoms with Crippen molar-refractivity contribution in [2.75, 3.05) is 26.5 Å². The lowest BCUT2D eigenvalue weighted by atomic mass is 10.1. The molecule has 0 unspecified atom stereocenters. The second-order valence-corrected chi connectivity index (χ2v) is 6.48. The largest absolute Gasteiger partial charge is 0.383 e. The van der Waals surface area contributed by atoms with E-state index in [4.69, 9.17) is 10.5 Å². The van der Waals surface area contributed by atoms with Crippen molar-refractivity contribution in [3.05, 3.63) is 29.3 Å². The highest BCUT2D eigenvalue weighted by Crippen LogP contribution is 2.17. The summed E-state index contributed by atoms with van der Waals surface area (Å²) in [7, 11) is -1.57. The van der Waals surface area contributed by atoms with E-state index in [1.807, 2.05) is 6.07 Å². The zero-order chi connectivity index (χ0) is 15.2. The number of nitrogens with zero attached hydrogens (tertiary/aromatic N) is 1. The van der Waals surface area contributed by atoms with Gasteiger partial charge < -0.3 is 15.8 Å². The van der Waals surface area contributed by atoms with Gasteiger partial charge in [0.15, 0.2) is 15.8 Å². The molecular weight excluding hydrogens is 405 g/mol. The molecule has 3 N–H and O–H groups in total. The minimum absolute atomic E-state index is 0. The van der Waals surface area contributed by atoms with Gasteiger partial charge in [-0.05, 0) is 24.1 Å². The maximum Gasteiger partial charge on any atom is 0.188 e. The molecule has 0 aromatic heterocycles. The van der Waals surface area contributed by atoms with Crippen LogP contribution >= 0.6 is 24.0 Å². The van der Waals surface area contributed by atoms with Gasteiger partial charge in [0.2, 0.25) is 0 Å². The number of benzene rings is 1. The van der Waals surface area contributed by atoms with Crippen LogP contribution in [0.2, 0.25) is 0 Å². The predicted octanol–water partition coefficient (Wildman–Crippen LogP) is 1.07. The number of methoxy groups -OCH3 is 1. The SMILES string of the molecule is COCCNC(N)=NCc1ccc(S(C)(=O)=O)c(C)c1.I. The highest BCUT2D eigenvalue weighted by molar-refractivity contribution is 14.0. The van der Waals surface area contributed by atoms with Crippen LogP contribution in [0.3, 0.4) is 0 Å². The molecular formula is C13H22IN3O3S. The molecule has 0 saturated heterocycles. The van der Waals surface area contributed by atoms with Crippen LogP contribution in [0.15, 0.2) is 28.1 Å². The first-order valence-corrected chi connectivity index (χ1v) is 8.06. The van der Waals surface area contributed by atoms with Gasteiger partial charge in [0.25, 0.3) is 0 Å². The molecule has 0 aliphatic carbocycles. The highest BCUT2D eigenvalue weighted by atomic mass is 127. The van der Waals surface area contributed by atoms with Gasteiger partial charge in [-0.15, -0.1) is 24.0 Å². The zero-order valence-electron chi connectivity index (χ0n) is 12.4. The van der Waals surface area contributed by atoms with Crippen LogP contribution in [0.25, 0.3) is 0 Å². The molecule has 8 heteroatoms. The molecule has 21 heavy (non-hydrogen) atoms. The molecule has 0 radical (unpaired) electrons. The number of nitrogens with one attached hydrogen (secondary N) is 1. The number of hydrogen-bond acceptors (Lipinski definition) is 4. The molecule has 6 nitrogen and oxygen atoms in total. The molecule has 1 rings (SSSR count). The van der Waals surface area contributed by atoms with E-state index in [-0.39, 0.29) is 24.0 Å². The highest BCUT2D eigenvalue weighted by Gasteiger charge is 2.10. The Morgan fingerprint density at radius 3 is 2.62 bits per heavy atom. The normalized spacial score (nSPS) is 11.9. The van der Waals surface area contributed by atoms with E-state index < -0.39 is 9.84 Å². The van der Waals surface area contributed by atoms with Crippen LogP contribution in [-0.4, -0.2) is 40.9 Å². The van der Waals surface area contributed by atoms with Crippen molar-refractivity contribution < 1.29 is 13.2 Å². The lowest BCUT2D eigenvalue weighted by Crippen LogP contribution is -2.34. The number of nitrogens with two attached hydrogens (primary N) is 1. The minimum Gasteiger partial charge on any atom is -0.383 e. The summed E-state index contributed by atoms with van der Waals surface area (Å²) in [6.45, 7) is 3.32. The van der Waals surface area contributed by atoms with E-state index >= 15 is 0 Å². The fourth-order valence-corrected chi connectivity index (χ4v) is 2.70. The van der Waals surface area contributed by atoms with Gasteiger partial charge in [-0.1, -0.05) is 12.1 Å². The van der Waals surface area contributed by atoms with Crippen molar-refractivity contribution in [1.29, 1.82) is 0 Å². The van der Waals surface area contributed by atoms with Gasteiger partial charge in [0, 0.05) is 19.9 Å². The van der Waals surface area contributed by atoms with Crippen molar-refractivity contribution in [2.45, 2.75) is 18.4 Å². The number of aryl methyl sites for hydroxylation is 1. The van der Waals surface area contributed by atoms with Crippen molar-refractivity contribution in [1.82, 2.24) is 5.32 Å². The Kier molecular flexibility index (Phi) is 8.83. The van der Waals surface area contributed by atoms with E-state index in [1.165, 1.54) is 6.26 Å². The quantitative estimate of drug-likeness (QED) is 0.307.